The Bertz CT molecular complexity index is 410. The highest BCUT2D eigenvalue weighted by atomic mass is 19.4. The zero-order chi connectivity index (χ0) is 13.6. The van der Waals surface area contributed by atoms with E-state index >= 15 is 0 Å². The average molecular weight is 264 g/mol. The molecule has 0 aliphatic rings. The predicted octanol–water partition coefficient (Wildman–Crippen LogP) is 1.10. The van der Waals surface area contributed by atoms with Crippen LogP contribution in [0, 0.1) is 0 Å². The third kappa shape index (κ3) is 5.48. The van der Waals surface area contributed by atoms with E-state index < -0.39 is 18.7 Å². The van der Waals surface area contributed by atoms with Crippen LogP contribution in [-0.2, 0) is 4.74 Å². The number of carbonyl (C=O) groups excluding carboxylic acids is 1. The minimum Gasteiger partial charge on any atom is -0.506 e. The van der Waals surface area contributed by atoms with Gasteiger partial charge in [-0.2, -0.15) is 13.2 Å². The fraction of sp³-hybridized carbons (Fsp3) is 0.400. The van der Waals surface area contributed by atoms with Crippen LogP contribution in [0.25, 0.3) is 0 Å². The molecule has 0 aliphatic carbocycles. The molecule has 0 saturated carbocycles. The number of nitrogens with zero attached hydrogens (tertiary/aromatic N) is 1. The van der Waals surface area contributed by atoms with Crippen LogP contribution in [0.3, 0.4) is 0 Å². The molecule has 1 rings (SSSR count). The largest absolute Gasteiger partial charge is 0.506 e. The van der Waals surface area contributed by atoms with Crippen LogP contribution in [-0.4, -0.2) is 41.9 Å². The van der Waals surface area contributed by atoms with Crippen LogP contribution in [0.5, 0.6) is 5.75 Å². The van der Waals surface area contributed by atoms with Gasteiger partial charge in [0.25, 0.3) is 5.91 Å². The third-order valence-corrected chi connectivity index (χ3v) is 1.78. The minimum absolute atomic E-state index is 0.0649. The van der Waals surface area contributed by atoms with Gasteiger partial charge < -0.3 is 15.2 Å². The molecule has 0 unspecified atom stereocenters. The maximum Gasteiger partial charge on any atom is 0.411 e. The van der Waals surface area contributed by atoms with Gasteiger partial charge in [-0.15, -0.1) is 0 Å². The fourth-order valence-electron chi connectivity index (χ4n) is 1.08. The van der Waals surface area contributed by atoms with E-state index in [1.807, 2.05) is 0 Å². The van der Waals surface area contributed by atoms with Gasteiger partial charge >= 0.3 is 6.18 Å². The van der Waals surface area contributed by atoms with Crippen molar-refractivity contribution in [1.82, 2.24) is 10.3 Å². The molecule has 1 heterocycles. The van der Waals surface area contributed by atoms with E-state index in [2.05, 4.69) is 15.0 Å². The Kier molecular flexibility index (Phi) is 4.90. The van der Waals surface area contributed by atoms with Gasteiger partial charge in [0, 0.05) is 12.7 Å². The van der Waals surface area contributed by atoms with Gasteiger partial charge in [-0.25, -0.2) is 0 Å². The quantitative estimate of drug-likeness (QED) is 0.781. The highest BCUT2D eigenvalue weighted by Gasteiger charge is 2.27. The topological polar surface area (TPSA) is 71.5 Å². The summed E-state index contributed by atoms with van der Waals surface area (Å²) in [6, 6.07) is 1.19. The number of amides is 1. The van der Waals surface area contributed by atoms with Gasteiger partial charge in [-0.3, -0.25) is 9.78 Å². The van der Waals surface area contributed by atoms with Gasteiger partial charge in [0.05, 0.1) is 18.4 Å². The summed E-state index contributed by atoms with van der Waals surface area (Å²) in [6.07, 6.45) is -1.99. The smallest absolute Gasteiger partial charge is 0.411 e. The summed E-state index contributed by atoms with van der Waals surface area (Å²) >= 11 is 0. The number of pyridine rings is 1. The molecular weight excluding hydrogens is 253 g/mol. The second-order valence-corrected chi connectivity index (χ2v) is 3.36. The van der Waals surface area contributed by atoms with E-state index in [-0.39, 0.29) is 24.5 Å². The molecule has 2 N–H and O–H groups in total. The van der Waals surface area contributed by atoms with Crippen LogP contribution in [0.2, 0.25) is 0 Å². The number of halogens is 3. The van der Waals surface area contributed by atoms with Gasteiger partial charge in [-0.05, 0) is 6.07 Å². The number of rotatable bonds is 5. The Morgan fingerprint density at radius 3 is 2.78 bits per heavy atom. The van der Waals surface area contributed by atoms with Crippen molar-refractivity contribution in [2.75, 3.05) is 19.8 Å². The standard InChI is InChI=1S/C10H11F3N2O3/c11-10(12,13)6-18-2-1-15-9(17)7-3-8(16)5-14-4-7/h3-5,16H,1-2,6H2,(H,15,17). The van der Waals surface area contributed by atoms with Crippen LogP contribution >= 0.6 is 0 Å². The molecule has 0 aromatic carbocycles. The molecular formula is C10H11F3N2O3. The number of aromatic hydroxyl groups is 1. The lowest BCUT2D eigenvalue weighted by atomic mass is 10.2. The number of alkyl halides is 3. The normalized spacial score (nSPS) is 11.3. The summed E-state index contributed by atoms with van der Waals surface area (Å²) in [7, 11) is 0. The summed E-state index contributed by atoms with van der Waals surface area (Å²) < 4.78 is 39.4. The van der Waals surface area contributed by atoms with Crippen molar-refractivity contribution in [2.24, 2.45) is 0 Å². The number of hydrogen-bond donors (Lipinski definition) is 2. The maximum atomic E-state index is 11.7. The lowest BCUT2D eigenvalue weighted by Crippen LogP contribution is -2.28. The minimum atomic E-state index is -4.38. The molecule has 0 spiro atoms. The number of ether oxygens (including phenoxy) is 1. The van der Waals surface area contributed by atoms with Crippen LogP contribution in [0.15, 0.2) is 18.5 Å². The zero-order valence-corrected chi connectivity index (χ0v) is 9.20. The first-order valence-electron chi connectivity index (χ1n) is 4.95. The van der Waals surface area contributed by atoms with Crippen molar-refractivity contribution in [2.45, 2.75) is 6.18 Å². The van der Waals surface area contributed by atoms with E-state index in [0.717, 1.165) is 6.20 Å². The van der Waals surface area contributed by atoms with E-state index in [1.165, 1.54) is 12.3 Å². The van der Waals surface area contributed by atoms with E-state index in [0.29, 0.717) is 0 Å². The first kappa shape index (κ1) is 14.2. The molecule has 0 atom stereocenters. The van der Waals surface area contributed by atoms with Gasteiger partial charge in [0.2, 0.25) is 0 Å². The lowest BCUT2D eigenvalue weighted by Gasteiger charge is -2.08. The van der Waals surface area contributed by atoms with Crippen molar-refractivity contribution in [3.05, 3.63) is 24.0 Å². The summed E-state index contributed by atoms with van der Waals surface area (Å²) in [4.78, 5) is 15.0. The van der Waals surface area contributed by atoms with Gasteiger partial charge in [0.15, 0.2) is 0 Å². The van der Waals surface area contributed by atoms with E-state index in [1.54, 1.807) is 0 Å². The first-order valence-corrected chi connectivity index (χ1v) is 4.95. The molecule has 8 heteroatoms. The Morgan fingerprint density at radius 1 is 1.44 bits per heavy atom. The van der Waals surface area contributed by atoms with E-state index in [9.17, 15) is 18.0 Å². The van der Waals surface area contributed by atoms with Crippen LogP contribution in [0.1, 0.15) is 10.4 Å². The van der Waals surface area contributed by atoms with E-state index in [4.69, 9.17) is 5.11 Å². The van der Waals surface area contributed by atoms with Gasteiger partial charge in [-0.1, -0.05) is 0 Å². The highest BCUT2D eigenvalue weighted by Crippen LogP contribution is 2.14. The van der Waals surface area contributed by atoms with Crippen molar-refractivity contribution < 1.29 is 27.8 Å². The second-order valence-electron chi connectivity index (χ2n) is 3.36. The monoisotopic (exact) mass is 264 g/mol. The first-order chi connectivity index (χ1) is 8.38. The molecule has 1 aromatic rings. The fourth-order valence-corrected chi connectivity index (χ4v) is 1.08. The molecule has 0 aliphatic heterocycles. The molecule has 5 nitrogen and oxygen atoms in total. The van der Waals surface area contributed by atoms with Crippen LogP contribution < -0.4 is 5.32 Å². The summed E-state index contributed by atoms with van der Waals surface area (Å²) in [5.41, 5.74) is 0.117. The van der Waals surface area contributed by atoms with Crippen molar-refractivity contribution in [3.63, 3.8) is 0 Å². The maximum absolute atomic E-state index is 11.7. The molecule has 100 valence electrons. The highest BCUT2D eigenvalue weighted by molar-refractivity contribution is 5.94. The zero-order valence-electron chi connectivity index (χ0n) is 9.20. The number of carbonyl (C=O) groups is 1. The Labute approximate surface area is 101 Å². The number of hydrogen-bond acceptors (Lipinski definition) is 4. The van der Waals surface area contributed by atoms with Crippen LogP contribution in [0.4, 0.5) is 13.2 Å². The van der Waals surface area contributed by atoms with Gasteiger partial charge in [0.1, 0.15) is 12.4 Å². The van der Waals surface area contributed by atoms with Crippen molar-refractivity contribution in [1.29, 1.82) is 0 Å². The lowest BCUT2D eigenvalue weighted by molar-refractivity contribution is -0.173. The Hall–Kier alpha value is -1.83. The SMILES string of the molecule is O=C(NCCOCC(F)(F)F)c1cncc(O)c1. The molecule has 0 fully saturated rings. The number of aromatic nitrogens is 1. The molecule has 18 heavy (non-hydrogen) atoms. The number of nitrogens with one attached hydrogen (secondary N) is 1. The molecule has 0 radical (unpaired) electrons. The Morgan fingerprint density at radius 2 is 2.17 bits per heavy atom. The van der Waals surface area contributed by atoms with Crippen molar-refractivity contribution in [3.8, 4) is 5.75 Å². The molecule has 1 aromatic heterocycles. The Balaban J connectivity index is 2.26. The third-order valence-electron chi connectivity index (χ3n) is 1.78. The summed E-state index contributed by atoms with van der Waals surface area (Å²) in [5.74, 6) is -0.718. The molecule has 1 amide bonds. The van der Waals surface area contributed by atoms with Crippen molar-refractivity contribution >= 4 is 5.91 Å². The average Bonchev–Trinajstić information content (AvgIpc) is 2.26. The summed E-state index contributed by atoms with van der Waals surface area (Å²) in [6.45, 7) is -1.67. The second kappa shape index (κ2) is 6.20. The molecule has 0 bridgehead atoms. The summed E-state index contributed by atoms with van der Waals surface area (Å²) in [5, 5.41) is 11.4. The predicted molar refractivity (Wildman–Crippen MR) is 55.1 cm³/mol. The molecule has 0 saturated heterocycles.